The Bertz CT molecular complexity index is 1480. The molecular weight excluding hydrogens is 504 g/mol. The van der Waals surface area contributed by atoms with Crippen LogP contribution in [0.15, 0.2) is 78.9 Å². The molecule has 0 saturated carbocycles. The van der Waals surface area contributed by atoms with E-state index in [4.69, 9.17) is 9.47 Å². The summed E-state index contributed by atoms with van der Waals surface area (Å²) < 4.78 is 11.6. The van der Waals surface area contributed by atoms with Crippen LogP contribution in [0.4, 0.5) is 11.4 Å². The third kappa shape index (κ3) is 7.27. The van der Waals surface area contributed by atoms with Gasteiger partial charge < -0.3 is 14.8 Å². The van der Waals surface area contributed by atoms with Crippen molar-refractivity contribution in [3.63, 3.8) is 0 Å². The Balaban J connectivity index is 2.01. The Morgan fingerprint density at radius 2 is 1.82 bits per heavy atom. The van der Waals surface area contributed by atoms with E-state index < -0.39 is 27.1 Å². The molecule has 0 unspecified atom stereocenters. The Morgan fingerprint density at radius 1 is 1.08 bits per heavy atom. The quantitative estimate of drug-likeness (QED) is 0.104. The molecule has 0 spiro atoms. The number of carbonyl (C=O) groups excluding carboxylic acids is 1. The normalized spacial score (nSPS) is 10.7. The van der Waals surface area contributed by atoms with Crippen molar-refractivity contribution in [3.05, 3.63) is 116 Å². The van der Waals surface area contributed by atoms with Gasteiger partial charge in [-0.1, -0.05) is 36.4 Å². The molecule has 0 fully saturated rings. The fourth-order valence-electron chi connectivity index (χ4n) is 3.60. The van der Waals surface area contributed by atoms with Gasteiger partial charge in [-0.2, -0.15) is 5.26 Å². The van der Waals surface area contributed by atoms with Gasteiger partial charge in [0, 0.05) is 18.2 Å². The number of allylic oxidation sites excluding steroid dienone is 1. The van der Waals surface area contributed by atoms with E-state index in [0.717, 1.165) is 23.8 Å². The molecule has 0 aliphatic heterocycles. The van der Waals surface area contributed by atoms with Gasteiger partial charge in [0.1, 0.15) is 11.6 Å². The molecule has 0 aliphatic carbocycles. The standard InChI is InChI=1S/C28H24N4O7/c1-3-8-21-13-20(14-22(17-29)28(33)30-18-19-9-6-5-7-10-19)15-26(38-4-2)27(21)39-25-12-11-23(31(34)35)16-24(25)32(36)37/h3,5-7,9-16H,1,4,8,18H2,2H3,(H,30,33)/b22-14+. The van der Waals surface area contributed by atoms with Crippen LogP contribution in [0.3, 0.4) is 0 Å². The van der Waals surface area contributed by atoms with E-state index in [9.17, 15) is 30.3 Å². The fraction of sp³-hybridized carbons (Fsp3) is 0.143. The third-order valence-corrected chi connectivity index (χ3v) is 5.35. The average Bonchev–Trinajstić information content (AvgIpc) is 2.92. The lowest BCUT2D eigenvalue weighted by Gasteiger charge is -2.16. The first-order valence-electron chi connectivity index (χ1n) is 11.7. The van der Waals surface area contributed by atoms with Crippen LogP contribution in [-0.2, 0) is 17.8 Å². The van der Waals surface area contributed by atoms with E-state index in [1.165, 1.54) is 12.1 Å². The number of nitro benzene ring substituents is 2. The Labute approximate surface area is 223 Å². The van der Waals surface area contributed by atoms with E-state index >= 15 is 0 Å². The molecule has 198 valence electrons. The van der Waals surface area contributed by atoms with E-state index in [1.54, 1.807) is 19.1 Å². The van der Waals surface area contributed by atoms with Crippen LogP contribution >= 0.6 is 0 Å². The summed E-state index contributed by atoms with van der Waals surface area (Å²) in [5, 5.41) is 35.0. The fourth-order valence-corrected chi connectivity index (χ4v) is 3.60. The van der Waals surface area contributed by atoms with Crippen molar-refractivity contribution in [2.45, 2.75) is 19.9 Å². The summed E-state index contributed by atoms with van der Waals surface area (Å²) in [5.41, 5.74) is 0.626. The number of hydrogen-bond donors (Lipinski definition) is 1. The second-order valence-electron chi connectivity index (χ2n) is 8.04. The van der Waals surface area contributed by atoms with Crippen LogP contribution in [0, 0.1) is 31.6 Å². The summed E-state index contributed by atoms with van der Waals surface area (Å²) >= 11 is 0. The number of hydrogen-bond acceptors (Lipinski definition) is 8. The Morgan fingerprint density at radius 3 is 2.44 bits per heavy atom. The van der Waals surface area contributed by atoms with Gasteiger partial charge in [0.05, 0.1) is 22.5 Å². The molecule has 0 aromatic heterocycles. The molecule has 3 aromatic carbocycles. The largest absolute Gasteiger partial charge is 0.490 e. The minimum Gasteiger partial charge on any atom is -0.490 e. The molecule has 11 heteroatoms. The summed E-state index contributed by atoms with van der Waals surface area (Å²) in [6, 6.07) is 17.4. The zero-order chi connectivity index (χ0) is 28.4. The van der Waals surface area contributed by atoms with Crippen molar-refractivity contribution in [1.29, 1.82) is 5.26 Å². The third-order valence-electron chi connectivity index (χ3n) is 5.35. The zero-order valence-electron chi connectivity index (χ0n) is 21.0. The van der Waals surface area contributed by atoms with Gasteiger partial charge in [-0.25, -0.2) is 0 Å². The summed E-state index contributed by atoms with van der Waals surface area (Å²) in [6.45, 7) is 5.91. The van der Waals surface area contributed by atoms with Gasteiger partial charge in [0.15, 0.2) is 11.5 Å². The highest BCUT2D eigenvalue weighted by Gasteiger charge is 2.24. The smallest absolute Gasteiger partial charge is 0.318 e. The molecule has 1 N–H and O–H groups in total. The monoisotopic (exact) mass is 528 g/mol. The SMILES string of the molecule is C=CCc1cc(/C=C(\C#N)C(=O)NCc2ccccc2)cc(OCC)c1Oc1ccc([N+](=O)[O-])cc1[N+](=O)[O-]. The van der Waals surface area contributed by atoms with Crippen LogP contribution in [0.25, 0.3) is 6.08 Å². The molecule has 3 aromatic rings. The molecule has 11 nitrogen and oxygen atoms in total. The molecule has 0 radical (unpaired) electrons. The number of nitro groups is 2. The number of non-ortho nitro benzene ring substituents is 1. The Hall–Kier alpha value is -5.50. The van der Waals surface area contributed by atoms with Crippen LogP contribution in [0.1, 0.15) is 23.6 Å². The van der Waals surface area contributed by atoms with Gasteiger partial charge in [-0.05, 0) is 48.7 Å². The lowest BCUT2D eigenvalue weighted by Crippen LogP contribution is -2.23. The highest BCUT2D eigenvalue weighted by molar-refractivity contribution is 6.01. The summed E-state index contributed by atoms with van der Waals surface area (Å²) in [7, 11) is 0. The molecule has 0 saturated heterocycles. The van der Waals surface area contributed by atoms with E-state index in [1.807, 2.05) is 36.4 Å². The number of nitrogens with one attached hydrogen (secondary N) is 1. The molecule has 39 heavy (non-hydrogen) atoms. The molecule has 0 bridgehead atoms. The average molecular weight is 529 g/mol. The number of amides is 1. The molecule has 0 atom stereocenters. The molecule has 0 heterocycles. The summed E-state index contributed by atoms with van der Waals surface area (Å²) in [5.74, 6) is -0.458. The topological polar surface area (TPSA) is 158 Å². The van der Waals surface area contributed by atoms with Gasteiger partial charge in [-0.3, -0.25) is 25.0 Å². The van der Waals surface area contributed by atoms with Crippen molar-refractivity contribution >= 4 is 23.4 Å². The number of carbonyl (C=O) groups is 1. The van der Waals surface area contributed by atoms with Crippen LogP contribution in [0.2, 0.25) is 0 Å². The van der Waals surface area contributed by atoms with Crippen LogP contribution in [0.5, 0.6) is 17.2 Å². The van der Waals surface area contributed by atoms with Crippen molar-refractivity contribution < 1.29 is 24.1 Å². The van der Waals surface area contributed by atoms with Crippen molar-refractivity contribution in [2.75, 3.05) is 6.61 Å². The minimum atomic E-state index is -0.778. The minimum absolute atomic E-state index is 0.137. The lowest BCUT2D eigenvalue weighted by atomic mass is 10.0. The molecular formula is C28H24N4O7. The van der Waals surface area contributed by atoms with Crippen LogP contribution < -0.4 is 14.8 Å². The van der Waals surface area contributed by atoms with E-state index in [0.29, 0.717) is 11.1 Å². The predicted octanol–water partition coefficient (Wildman–Crippen LogP) is 5.65. The van der Waals surface area contributed by atoms with Crippen molar-refractivity contribution in [1.82, 2.24) is 5.32 Å². The second-order valence-corrected chi connectivity index (χ2v) is 8.04. The number of benzene rings is 3. The van der Waals surface area contributed by atoms with Crippen LogP contribution in [-0.4, -0.2) is 22.4 Å². The number of ether oxygens (including phenoxy) is 2. The van der Waals surface area contributed by atoms with Gasteiger partial charge in [0.2, 0.25) is 5.75 Å². The predicted molar refractivity (Wildman–Crippen MR) is 143 cm³/mol. The highest BCUT2D eigenvalue weighted by atomic mass is 16.6. The molecule has 3 rings (SSSR count). The number of nitriles is 1. The van der Waals surface area contributed by atoms with E-state index in [2.05, 4.69) is 11.9 Å². The first kappa shape index (κ1) is 28.1. The maximum atomic E-state index is 12.7. The van der Waals surface area contributed by atoms with E-state index in [-0.39, 0.29) is 42.4 Å². The van der Waals surface area contributed by atoms with Gasteiger partial charge in [-0.15, -0.1) is 6.58 Å². The number of nitrogens with zero attached hydrogens (tertiary/aromatic N) is 3. The highest BCUT2D eigenvalue weighted by Crippen LogP contribution is 2.41. The zero-order valence-corrected chi connectivity index (χ0v) is 21.0. The van der Waals surface area contributed by atoms with Gasteiger partial charge in [0.25, 0.3) is 11.6 Å². The summed E-state index contributed by atoms with van der Waals surface area (Å²) in [4.78, 5) is 33.8. The van der Waals surface area contributed by atoms with Crippen molar-refractivity contribution in [2.24, 2.45) is 0 Å². The first-order chi connectivity index (χ1) is 18.8. The second kappa shape index (κ2) is 13.2. The van der Waals surface area contributed by atoms with Gasteiger partial charge >= 0.3 is 5.69 Å². The maximum Gasteiger partial charge on any atom is 0.318 e. The molecule has 1 amide bonds. The number of rotatable bonds is 12. The summed E-state index contributed by atoms with van der Waals surface area (Å²) in [6.07, 6.45) is 3.22. The Kier molecular flexibility index (Phi) is 9.48. The first-order valence-corrected chi connectivity index (χ1v) is 11.7. The molecule has 0 aliphatic rings. The lowest BCUT2D eigenvalue weighted by molar-refractivity contribution is -0.394. The maximum absolute atomic E-state index is 12.7. The van der Waals surface area contributed by atoms with Crippen molar-refractivity contribution in [3.8, 4) is 23.3 Å².